The third kappa shape index (κ3) is 5.93. The Balaban J connectivity index is 2.98. The summed E-state index contributed by atoms with van der Waals surface area (Å²) in [7, 11) is 3.75. The van der Waals surface area contributed by atoms with E-state index < -0.39 is 11.9 Å². The number of unbranched alkanes of at least 4 members (excludes halogenated alkanes) is 2. The normalized spacial score (nSPS) is 10.3. The Morgan fingerprint density at radius 3 is 1.91 bits per heavy atom. The van der Waals surface area contributed by atoms with Gasteiger partial charge in [-0.3, -0.25) is 0 Å². The van der Waals surface area contributed by atoms with Gasteiger partial charge in [0.15, 0.2) is 0 Å². The highest BCUT2D eigenvalue weighted by Crippen LogP contribution is 2.20. The van der Waals surface area contributed by atoms with Crippen molar-refractivity contribution in [3.8, 4) is 0 Å². The van der Waals surface area contributed by atoms with Crippen LogP contribution in [-0.2, 0) is 9.47 Å². The Labute approximate surface area is 138 Å². The molecule has 0 fully saturated rings. The molecule has 1 rings (SSSR count). The number of anilines is 1. The number of ether oxygens (including phenoxy) is 2. The summed E-state index contributed by atoms with van der Waals surface area (Å²) in [4.78, 5) is 26.4. The van der Waals surface area contributed by atoms with Crippen LogP contribution >= 0.6 is 0 Å². The van der Waals surface area contributed by atoms with Gasteiger partial charge in [0.2, 0.25) is 0 Å². The summed E-state index contributed by atoms with van der Waals surface area (Å²) in [5.74, 6) is -0.962. The molecule has 0 bridgehead atoms. The van der Waals surface area contributed by atoms with Gasteiger partial charge in [-0.1, -0.05) is 26.7 Å². The highest BCUT2D eigenvalue weighted by atomic mass is 16.5. The Morgan fingerprint density at radius 2 is 1.43 bits per heavy atom. The van der Waals surface area contributed by atoms with E-state index in [0.29, 0.717) is 13.2 Å². The van der Waals surface area contributed by atoms with Crippen molar-refractivity contribution in [2.24, 2.45) is 0 Å². The standard InChI is InChI=1S/C18H27NO4/c1-5-7-11-22-17(20)15-10-9-14(19(3)4)13-16(15)18(21)23-12-8-6-2/h9-10,13H,5-8,11-12H2,1-4H3. The van der Waals surface area contributed by atoms with Gasteiger partial charge in [0, 0.05) is 19.8 Å². The van der Waals surface area contributed by atoms with Crippen LogP contribution in [0.1, 0.15) is 60.2 Å². The van der Waals surface area contributed by atoms with Crippen LogP contribution in [0.15, 0.2) is 18.2 Å². The number of rotatable bonds is 9. The maximum absolute atomic E-state index is 12.3. The highest BCUT2D eigenvalue weighted by Gasteiger charge is 2.20. The number of benzene rings is 1. The zero-order valence-electron chi connectivity index (χ0n) is 14.6. The van der Waals surface area contributed by atoms with Crippen LogP contribution in [0.2, 0.25) is 0 Å². The van der Waals surface area contributed by atoms with Crippen molar-refractivity contribution in [3.05, 3.63) is 29.3 Å². The van der Waals surface area contributed by atoms with E-state index >= 15 is 0 Å². The van der Waals surface area contributed by atoms with E-state index in [4.69, 9.17) is 9.47 Å². The van der Waals surface area contributed by atoms with Crippen LogP contribution in [0.3, 0.4) is 0 Å². The second-order valence-corrected chi connectivity index (χ2v) is 5.60. The molecule has 0 heterocycles. The molecule has 23 heavy (non-hydrogen) atoms. The molecule has 5 nitrogen and oxygen atoms in total. The molecular weight excluding hydrogens is 294 g/mol. The maximum Gasteiger partial charge on any atom is 0.339 e. The molecule has 128 valence electrons. The van der Waals surface area contributed by atoms with E-state index in [-0.39, 0.29) is 11.1 Å². The fourth-order valence-electron chi connectivity index (χ4n) is 1.93. The summed E-state index contributed by atoms with van der Waals surface area (Å²) >= 11 is 0. The molecule has 0 aliphatic heterocycles. The van der Waals surface area contributed by atoms with Gasteiger partial charge in [0.25, 0.3) is 0 Å². The van der Waals surface area contributed by atoms with Gasteiger partial charge in [-0.25, -0.2) is 9.59 Å². The van der Waals surface area contributed by atoms with Crippen molar-refractivity contribution < 1.29 is 19.1 Å². The lowest BCUT2D eigenvalue weighted by atomic mass is 10.1. The number of carbonyl (C=O) groups is 2. The molecule has 0 saturated heterocycles. The quantitative estimate of drug-likeness (QED) is 0.513. The minimum atomic E-state index is -0.482. The van der Waals surface area contributed by atoms with Crippen molar-refractivity contribution in [1.82, 2.24) is 0 Å². The predicted molar refractivity (Wildman–Crippen MR) is 91.2 cm³/mol. The molecule has 1 aromatic rings. The zero-order valence-corrected chi connectivity index (χ0v) is 14.6. The number of esters is 2. The molecular formula is C18H27NO4. The summed E-state index contributed by atoms with van der Waals surface area (Å²) in [5.41, 5.74) is 1.35. The van der Waals surface area contributed by atoms with Gasteiger partial charge >= 0.3 is 11.9 Å². The Morgan fingerprint density at radius 1 is 0.913 bits per heavy atom. The summed E-state index contributed by atoms with van der Waals surface area (Å²) < 4.78 is 10.5. The highest BCUT2D eigenvalue weighted by molar-refractivity contribution is 6.04. The Kier molecular flexibility index (Phi) is 8.16. The topological polar surface area (TPSA) is 55.8 Å². The van der Waals surface area contributed by atoms with Crippen LogP contribution < -0.4 is 4.90 Å². The maximum atomic E-state index is 12.3. The molecule has 0 aliphatic rings. The SMILES string of the molecule is CCCCOC(=O)c1ccc(N(C)C)cc1C(=O)OCCCC. The largest absolute Gasteiger partial charge is 0.462 e. The fourth-order valence-corrected chi connectivity index (χ4v) is 1.93. The van der Waals surface area contributed by atoms with Crippen molar-refractivity contribution in [3.63, 3.8) is 0 Å². The molecule has 1 aromatic carbocycles. The zero-order chi connectivity index (χ0) is 17.2. The predicted octanol–water partition coefficient (Wildman–Crippen LogP) is 3.67. The van der Waals surface area contributed by atoms with Crippen LogP contribution in [0.5, 0.6) is 0 Å². The molecule has 0 radical (unpaired) electrons. The lowest BCUT2D eigenvalue weighted by Gasteiger charge is -2.16. The van der Waals surface area contributed by atoms with Gasteiger partial charge in [0.1, 0.15) is 0 Å². The van der Waals surface area contributed by atoms with Gasteiger partial charge < -0.3 is 14.4 Å². The summed E-state index contributed by atoms with van der Waals surface area (Å²) in [5, 5.41) is 0. The van der Waals surface area contributed by atoms with Crippen LogP contribution in [0, 0.1) is 0 Å². The molecule has 0 aromatic heterocycles. The average molecular weight is 321 g/mol. The molecule has 0 amide bonds. The first-order valence-electron chi connectivity index (χ1n) is 8.16. The molecule has 0 unspecified atom stereocenters. The fraction of sp³-hybridized carbons (Fsp3) is 0.556. The first-order chi connectivity index (χ1) is 11.0. The average Bonchev–Trinajstić information content (AvgIpc) is 2.54. The molecule has 0 aliphatic carbocycles. The van der Waals surface area contributed by atoms with Gasteiger partial charge in [-0.2, -0.15) is 0 Å². The Hall–Kier alpha value is -2.04. The van der Waals surface area contributed by atoms with E-state index in [2.05, 4.69) is 0 Å². The van der Waals surface area contributed by atoms with Crippen molar-refractivity contribution in [2.45, 2.75) is 39.5 Å². The molecule has 0 saturated carbocycles. The number of hydrogen-bond acceptors (Lipinski definition) is 5. The Bertz CT molecular complexity index is 526. The van der Waals surface area contributed by atoms with Crippen LogP contribution in [0.4, 0.5) is 5.69 Å². The lowest BCUT2D eigenvalue weighted by Crippen LogP contribution is -2.17. The minimum absolute atomic E-state index is 0.258. The van der Waals surface area contributed by atoms with Crippen LogP contribution in [0.25, 0.3) is 0 Å². The van der Waals surface area contributed by atoms with Gasteiger partial charge in [0.05, 0.1) is 24.3 Å². The first-order valence-corrected chi connectivity index (χ1v) is 8.16. The van der Waals surface area contributed by atoms with Gasteiger partial charge in [-0.05, 0) is 31.0 Å². The molecule has 5 heteroatoms. The number of carbonyl (C=O) groups excluding carboxylic acids is 2. The van der Waals surface area contributed by atoms with Crippen molar-refractivity contribution >= 4 is 17.6 Å². The second-order valence-electron chi connectivity index (χ2n) is 5.60. The van der Waals surface area contributed by atoms with E-state index in [0.717, 1.165) is 31.4 Å². The summed E-state index contributed by atoms with van der Waals surface area (Å²) in [6.07, 6.45) is 3.49. The second kappa shape index (κ2) is 9.87. The number of nitrogens with zero attached hydrogens (tertiary/aromatic N) is 1. The third-order valence-corrected chi connectivity index (χ3v) is 3.42. The van der Waals surface area contributed by atoms with Gasteiger partial charge in [-0.15, -0.1) is 0 Å². The van der Waals surface area contributed by atoms with E-state index in [1.165, 1.54) is 0 Å². The molecule has 0 N–H and O–H groups in total. The van der Waals surface area contributed by atoms with E-state index in [1.807, 2.05) is 32.8 Å². The lowest BCUT2D eigenvalue weighted by molar-refractivity contribution is 0.0452. The smallest absolute Gasteiger partial charge is 0.339 e. The minimum Gasteiger partial charge on any atom is -0.462 e. The third-order valence-electron chi connectivity index (χ3n) is 3.42. The monoisotopic (exact) mass is 321 g/mol. The molecule has 0 atom stereocenters. The van der Waals surface area contributed by atoms with Crippen molar-refractivity contribution in [1.29, 1.82) is 0 Å². The van der Waals surface area contributed by atoms with Crippen molar-refractivity contribution in [2.75, 3.05) is 32.2 Å². The summed E-state index contributed by atoms with van der Waals surface area (Å²) in [6.45, 7) is 4.76. The van der Waals surface area contributed by atoms with E-state index in [1.54, 1.807) is 18.2 Å². The van der Waals surface area contributed by atoms with Crippen LogP contribution in [-0.4, -0.2) is 39.2 Å². The number of hydrogen-bond donors (Lipinski definition) is 0. The molecule has 0 spiro atoms. The summed E-state index contributed by atoms with van der Waals surface area (Å²) in [6, 6.07) is 5.09. The van der Waals surface area contributed by atoms with E-state index in [9.17, 15) is 9.59 Å². The first kappa shape index (κ1) is 19.0.